The second-order valence-corrected chi connectivity index (χ2v) is 12.7. The molecule has 0 amide bonds. The van der Waals surface area contributed by atoms with E-state index < -0.39 is 89.0 Å². The fraction of sp³-hybridized carbons (Fsp3) is 0.562. The van der Waals surface area contributed by atoms with Gasteiger partial charge in [0.15, 0.2) is 11.7 Å². The van der Waals surface area contributed by atoms with Crippen LogP contribution in [0.1, 0.15) is 75.1 Å². The molecule has 14 nitrogen and oxygen atoms in total. The molecule has 3 heterocycles. The Labute approximate surface area is 264 Å². The fourth-order valence-electron chi connectivity index (χ4n) is 7.72. The largest absolute Gasteiger partial charge is 0.472 e. The summed E-state index contributed by atoms with van der Waals surface area (Å²) in [5, 5.41) is 12.4. The monoisotopic (exact) mass is 643 g/mol. The minimum atomic E-state index is -2.05. The summed E-state index contributed by atoms with van der Waals surface area (Å²) in [6.45, 7) is 7.57. The minimum absolute atomic E-state index is 0.00439. The molecule has 0 aromatic carbocycles. The molecule has 1 saturated heterocycles. The average molecular weight is 644 g/mol. The summed E-state index contributed by atoms with van der Waals surface area (Å²) < 4.78 is 41.8. The number of furan rings is 1. The predicted octanol–water partition coefficient (Wildman–Crippen LogP) is 2.56. The van der Waals surface area contributed by atoms with Crippen LogP contribution in [-0.4, -0.2) is 87.8 Å². The van der Waals surface area contributed by atoms with Gasteiger partial charge in [-0.1, -0.05) is 0 Å². The van der Waals surface area contributed by atoms with Crippen molar-refractivity contribution in [3.8, 4) is 0 Å². The van der Waals surface area contributed by atoms with Crippen LogP contribution < -0.4 is 0 Å². The van der Waals surface area contributed by atoms with Gasteiger partial charge < -0.3 is 37.9 Å². The number of hydrogen-bond donors (Lipinski definition) is 1. The standard InChI is InChI=1S/C32H37NO13/c1-17(34)41-16-31-22(42-18(2)35)9-11-30(6,39)32(31)25(43-19(3)36)23(29(4,5)46-32)24(44-27(37)20-8-7-12-33-14-20)26(31)45-28(38)21-10-13-40-15-21/h7-8,10,12-15,22-26,39H,9,11,16H2,1-6H3/t22-,23+,24+,25+,26+,30-,31-,32-/m0/s1. The molecule has 0 unspecified atom stereocenters. The van der Waals surface area contributed by atoms with Crippen molar-refractivity contribution in [1.29, 1.82) is 0 Å². The first-order valence-corrected chi connectivity index (χ1v) is 14.8. The normalized spacial score (nSPS) is 34.0. The van der Waals surface area contributed by atoms with E-state index in [4.69, 9.17) is 32.8 Å². The second kappa shape index (κ2) is 11.8. The minimum Gasteiger partial charge on any atom is -0.472 e. The number of aromatic nitrogens is 1. The molecule has 2 aliphatic carbocycles. The number of pyridine rings is 1. The zero-order valence-electron chi connectivity index (χ0n) is 26.3. The van der Waals surface area contributed by atoms with Crippen molar-refractivity contribution in [2.24, 2.45) is 11.3 Å². The first kappa shape index (κ1) is 33.1. The van der Waals surface area contributed by atoms with Crippen LogP contribution in [0, 0.1) is 11.3 Å². The van der Waals surface area contributed by atoms with E-state index in [1.165, 1.54) is 57.6 Å². The summed E-state index contributed by atoms with van der Waals surface area (Å²) >= 11 is 0. The van der Waals surface area contributed by atoms with Gasteiger partial charge in [0, 0.05) is 33.2 Å². The van der Waals surface area contributed by atoms with Crippen LogP contribution in [0.15, 0.2) is 47.5 Å². The predicted molar refractivity (Wildman–Crippen MR) is 153 cm³/mol. The van der Waals surface area contributed by atoms with E-state index in [9.17, 15) is 29.1 Å². The lowest BCUT2D eigenvalue weighted by atomic mass is 9.46. The molecule has 1 spiro atoms. The highest BCUT2D eigenvalue weighted by Crippen LogP contribution is 2.69. The number of esters is 5. The van der Waals surface area contributed by atoms with Gasteiger partial charge in [-0.15, -0.1) is 0 Å². The quantitative estimate of drug-likeness (QED) is 0.327. The number of carbonyl (C=O) groups is 5. The summed E-state index contributed by atoms with van der Waals surface area (Å²) in [6.07, 6.45) is -0.683. The van der Waals surface area contributed by atoms with Crippen molar-refractivity contribution in [2.45, 2.75) is 95.6 Å². The van der Waals surface area contributed by atoms with Crippen molar-refractivity contribution in [3.63, 3.8) is 0 Å². The third-order valence-corrected chi connectivity index (χ3v) is 9.32. The van der Waals surface area contributed by atoms with Gasteiger partial charge in [-0.2, -0.15) is 0 Å². The summed E-state index contributed by atoms with van der Waals surface area (Å²) in [5.74, 6) is -5.12. The molecule has 2 saturated carbocycles. The Bertz CT molecular complexity index is 1500. The molecule has 3 aliphatic rings. The zero-order valence-corrected chi connectivity index (χ0v) is 26.3. The first-order chi connectivity index (χ1) is 21.6. The number of hydrogen-bond acceptors (Lipinski definition) is 14. The lowest BCUT2D eigenvalue weighted by molar-refractivity contribution is -0.348. The molecule has 2 aromatic heterocycles. The van der Waals surface area contributed by atoms with Crippen LogP contribution in [0.3, 0.4) is 0 Å². The van der Waals surface area contributed by atoms with Gasteiger partial charge in [0.2, 0.25) is 0 Å². The van der Waals surface area contributed by atoms with E-state index >= 15 is 0 Å². The van der Waals surface area contributed by atoms with Crippen LogP contribution in [0.5, 0.6) is 0 Å². The number of ether oxygens (including phenoxy) is 6. The number of carbonyl (C=O) groups excluding carboxylic acids is 5. The highest BCUT2D eigenvalue weighted by molar-refractivity contribution is 5.90. The number of fused-ring (bicyclic) bond motifs is 1. The third kappa shape index (κ3) is 5.22. The second-order valence-electron chi connectivity index (χ2n) is 12.7. The van der Waals surface area contributed by atoms with E-state index in [1.54, 1.807) is 13.8 Å². The Morgan fingerprint density at radius 3 is 2.20 bits per heavy atom. The molecule has 1 N–H and O–H groups in total. The molecule has 1 aliphatic heterocycles. The molecular formula is C32H37NO13. The Balaban J connectivity index is 1.84. The number of aliphatic hydroxyl groups is 1. The van der Waals surface area contributed by atoms with E-state index in [-0.39, 0.29) is 24.0 Å². The Morgan fingerprint density at radius 2 is 1.61 bits per heavy atom. The summed E-state index contributed by atoms with van der Waals surface area (Å²) in [7, 11) is 0. The topological polar surface area (TPSA) is 187 Å². The summed E-state index contributed by atoms with van der Waals surface area (Å²) in [6, 6.07) is 4.35. The third-order valence-electron chi connectivity index (χ3n) is 9.32. The van der Waals surface area contributed by atoms with E-state index in [2.05, 4.69) is 4.98 Å². The maximum Gasteiger partial charge on any atom is 0.341 e. The summed E-state index contributed by atoms with van der Waals surface area (Å²) in [4.78, 5) is 69.3. The molecule has 2 bridgehead atoms. The van der Waals surface area contributed by atoms with Crippen LogP contribution in [0.4, 0.5) is 0 Å². The average Bonchev–Trinajstić information content (AvgIpc) is 3.57. The molecule has 248 valence electrons. The van der Waals surface area contributed by atoms with Crippen molar-refractivity contribution >= 4 is 29.8 Å². The van der Waals surface area contributed by atoms with E-state index in [0.717, 1.165) is 13.2 Å². The maximum atomic E-state index is 13.7. The van der Waals surface area contributed by atoms with Gasteiger partial charge in [-0.05, 0) is 51.8 Å². The molecule has 2 aromatic rings. The molecular weight excluding hydrogens is 606 g/mol. The van der Waals surface area contributed by atoms with Crippen molar-refractivity contribution in [1.82, 2.24) is 4.98 Å². The van der Waals surface area contributed by atoms with Gasteiger partial charge in [0.1, 0.15) is 36.6 Å². The van der Waals surface area contributed by atoms with Crippen molar-refractivity contribution in [3.05, 3.63) is 54.2 Å². The van der Waals surface area contributed by atoms with Gasteiger partial charge in [0.25, 0.3) is 0 Å². The molecule has 46 heavy (non-hydrogen) atoms. The smallest absolute Gasteiger partial charge is 0.341 e. The van der Waals surface area contributed by atoms with E-state index in [0.29, 0.717) is 0 Å². The van der Waals surface area contributed by atoms with Gasteiger partial charge in [-0.25, -0.2) is 9.59 Å². The van der Waals surface area contributed by atoms with E-state index in [1.807, 2.05) is 0 Å². The molecule has 14 heteroatoms. The lowest BCUT2D eigenvalue weighted by Gasteiger charge is -2.65. The van der Waals surface area contributed by atoms with Gasteiger partial charge in [0.05, 0.1) is 34.5 Å². The van der Waals surface area contributed by atoms with Crippen molar-refractivity contribution in [2.75, 3.05) is 6.61 Å². The van der Waals surface area contributed by atoms with Gasteiger partial charge in [-0.3, -0.25) is 19.4 Å². The number of nitrogens with zero attached hydrogens (tertiary/aromatic N) is 1. The Hall–Kier alpha value is -4.30. The highest BCUT2D eigenvalue weighted by Gasteiger charge is 2.87. The number of rotatable bonds is 8. The molecule has 0 radical (unpaired) electrons. The highest BCUT2D eigenvalue weighted by atomic mass is 16.6. The molecule has 8 atom stereocenters. The SMILES string of the molecule is CC(=O)OC[C@@]12[C@@H](OC(C)=O)CC[C@](C)(O)[C@]13OC(C)(C)[C@H]([C@@H](OC(=O)c1cccnc1)[C@H]2OC(=O)c1ccoc1)[C@H]3OC(C)=O. The molecule has 3 fully saturated rings. The van der Waals surface area contributed by atoms with Crippen LogP contribution in [-0.2, 0) is 42.8 Å². The first-order valence-electron chi connectivity index (χ1n) is 14.8. The summed E-state index contributed by atoms with van der Waals surface area (Å²) in [5.41, 5.74) is -7.26. The molecule has 5 rings (SSSR count). The Kier molecular flexibility index (Phi) is 8.49. The van der Waals surface area contributed by atoms with Crippen LogP contribution >= 0.6 is 0 Å². The zero-order chi connectivity index (χ0) is 33.7. The van der Waals surface area contributed by atoms with Gasteiger partial charge >= 0.3 is 29.8 Å². The fourth-order valence-corrected chi connectivity index (χ4v) is 7.72. The van der Waals surface area contributed by atoms with Crippen LogP contribution in [0.25, 0.3) is 0 Å². The van der Waals surface area contributed by atoms with Crippen molar-refractivity contribution < 1.29 is 61.9 Å². The van der Waals surface area contributed by atoms with Crippen LogP contribution in [0.2, 0.25) is 0 Å². The Morgan fingerprint density at radius 1 is 0.913 bits per heavy atom. The lowest BCUT2D eigenvalue weighted by Crippen LogP contribution is -2.83. The maximum absolute atomic E-state index is 13.7.